The molecule has 0 atom stereocenters. The Hall–Kier alpha value is -1.22. The number of rotatable bonds is 0. The van der Waals surface area contributed by atoms with Gasteiger partial charge in [-0.2, -0.15) is 0 Å². The van der Waals surface area contributed by atoms with E-state index in [1.807, 2.05) is 41.5 Å². The Balaban J connectivity index is 0.000000982. The van der Waals surface area contributed by atoms with Crippen LogP contribution in [0.1, 0.15) is 59.6 Å². The molecule has 3 nitrogen and oxygen atoms in total. The standard InChI is InChI=1S/C14H22O2.C2H6O/c1-13(2,3)10-7-9(15)8-11(12(10)16)14(4,5)6;1-2-3/h7-8,15-16H,1-6H3;3H,2H2,1H3. The third-order valence-electron chi connectivity index (χ3n) is 2.71. The van der Waals surface area contributed by atoms with Crippen molar-refractivity contribution in [3.05, 3.63) is 23.3 Å². The fourth-order valence-electron chi connectivity index (χ4n) is 1.76. The van der Waals surface area contributed by atoms with Gasteiger partial charge in [0.05, 0.1) is 0 Å². The molecule has 19 heavy (non-hydrogen) atoms. The second kappa shape index (κ2) is 6.29. The van der Waals surface area contributed by atoms with Crippen LogP contribution in [0.4, 0.5) is 0 Å². The van der Waals surface area contributed by atoms with E-state index in [1.54, 1.807) is 19.1 Å². The first-order valence-corrected chi connectivity index (χ1v) is 6.63. The number of benzene rings is 1. The van der Waals surface area contributed by atoms with E-state index in [4.69, 9.17) is 5.11 Å². The van der Waals surface area contributed by atoms with Crippen molar-refractivity contribution in [2.24, 2.45) is 0 Å². The zero-order chi connectivity index (χ0) is 15.4. The molecule has 0 saturated carbocycles. The Morgan fingerprint density at radius 1 is 0.842 bits per heavy atom. The minimum Gasteiger partial charge on any atom is -0.508 e. The SMILES string of the molecule is CC(C)(C)c1cc(O)cc(C(C)(C)C)c1O.CCO. The van der Waals surface area contributed by atoms with Gasteiger partial charge in [-0.1, -0.05) is 41.5 Å². The molecule has 0 aliphatic carbocycles. The second-order valence-electron chi connectivity index (χ2n) is 6.71. The van der Waals surface area contributed by atoms with Crippen LogP contribution in [0.15, 0.2) is 12.1 Å². The molecule has 1 aromatic rings. The van der Waals surface area contributed by atoms with Crippen molar-refractivity contribution in [3.8, 4) is 11.5 Å². The summed E-state index contributed by atoms with van der Waals surface area (Å²) in [6.07, 6.45) is 0. The summed E-state index contributed by atoms with van der Waals surface area (Å²) in [5.74, 6) is 0.519. The van der Waals surface area contributed by atoms with Crippen LogP contribution in [0.2, 0.25) is 0 Å². The molecule has 0 bridgehead atoms. The van der Waals surface area contributed by atoms with E-state index >= 15 is 0 Å². The normalized spacial score (nSPS) is 11.8. The number of phenolic OH excluding ortho intramolecular Hbond substituents is 2. The molecule has 1 aromatic carbocycles. The molecule has 0 aliphatic rings. The summed E-state index contributed by atoms with van der Waals surface area (Å²) >= 11 is 0. The number of aromatic hydroxyl groups is 2. The molecule has 0 saturated heterocycles. The van der Waals surface area contributed by atoms with Crippen molar-refractivity contribution in [2.45, 2.75) is 59.3 Å². The Bertz CT molecular complexity index is 374. The summed E-state index contributed by atoms with van der Waals surface area (Å²) in [6.45, 7) is 14.1. The molecule has 0 radical (unpaired) electrons. The Kier molecular flexibility index (Phi) is 5.88. The van der Waals surface area contributed by atoms with Gasteiger partial charge in [0.15, 0.2) is 0 Å². The van der Waals surface area contributed by atoms with Gasteiger partial charge >= 0.3 is 0 Å². The van der Waals surface area contributed by atoms with Gasteiger partial charge in [-0.25, -0.2) is 0 Å². The van der Waals surface area contributed by atoms with Crippen molar-refractivity contribution in [2.75, 3.05) is 6.61 Å². The second-order valence-corrected chi connectivity index (χ2v) is 6.71. The number of hydrogen-bond acceptors (Lipinski definition) is 3. The van der Waals surface area contributed by atoms with E-state index in [0.29, 0.717) is 5.75 Å². The van der Waals surface area contributed by atoms with Crippen LogP contribution in [0.25, 0.3) is 0 Å². The van der Waals surface area contributed by atoms with Crippen LogP contribution in [-0.2, 0) is 10.8 Å². The van der Waals surface area contributed by atoms with Gasteiger partial charge in [-0.05, 0) is 29.9 Å². The lowest BCUT2D eigenvalue weighted by molar-refractivity contribution is 0.318. The van der Waals surface area contributed by atoms with E-state index in [1.165, 1.54) is 0 Å². The van der Waals surface area contributed by atoms with Crippen LogP contribution < -0.4 is 0 Å². The highest BCUT2D eigenvalue weighted by molar-refractivity contribution is 5.51. The molecule has 0 amide bonds. The molecule has 0 spiro atoms. The maximum Gasteiger partial charge on any atom is 0.123 e. The zero-order valence-corrected chi connectivity index (χ0v) is 13.2. The first-order valence-electron chi connectivity index (χ1n) is 6.63. The average molecular weight is 268 g/mol. The van der Waals surface area contributed by atoms with Crippen LogP contribution >= 0.6 is 0 Å². The summed E-state index contributed by atoms with van der Waals surface area (Å²) in [5, 5.41) is 27.6. The molecule has 3 heteroatoms. The predicted molar refractivity (Wildman–Crippen MR) is 79.9 cm³/mol. The predicted octanol–water partition coefficient (Wildman–Crippen LogP) is 3.69. The summed E-state index contributed by atoms with van der Waals surface area (Å²) in [4.78, 5) is 0. The molecule has 3 N–H and O–H groups in total. The third kappa shape index (κ3) is 5.11. The first-order chi connectivity index (χ1) is 8.45. The van der Waals surface area contributed by atoms with Crippen molar-refractivity contribution in [1.82, 2.24) is 0 Å². The minimum absolute atomic E-state index is 0.178. The topological polar surface area (TPSA) is 60.7 Å². The van der Waals surface area contributed by atoms with Crippen LogP contribution in [0, 0.1) is 0 Å². The highest BCUT2D eigenvalue weighted by Gasteiger charge is 2.26. The summed E-state index contributed by atoms with van der Waals surface area (Å²) < 4.78 is 0. The average Bonchev–Trinajstić information content (AvgIpc) is 2.19. The van der Waals surface area contributed by atoms with E-state index in [9.17, 15) is 10.2 Å². The molecule has 110 valence electrons. The van der Waals surface area contributed by atoms with Crippen molar-refractivity contribution >= 4 is 0 Å². The highest BCUT2D eigenvalue weighted by Crippen LogP contribution is 2.41. The van der Waals surface area contributed by atoms with E-state index in [0.717, 1.165) is 11.1 Å². The number of hydrogen-bond donors (Lipinski definition) is 3. The van der Waals surface area contributed by atoms with Gasteiger partial charge in [0.25, 0.3) is 0 Å². The van der Waals surface area contributed by atoms with Crippen molar-refractivity contribution in [3.63, 3.8) is 0 Å². The largest absolute Gasteiger partial charge is 0.508 e. The van der Waals surface area contributed by atoms with Gasteiger partial charge in [0, 0.05) is 17.7 Å². The number of aliphatic hydroxyl groups excluding tert-OH is 1. The van der Waals surface area contributed by atoms with E-state index < -0.39 is 0 Å². The van der Waals surface area contributed by atoms with Gasteiger partial charge < -0.3 is 15.3 Å². The fourth-order valence-corrected chi connectivity index (χ4v) is 1.76. The van der Waals surface area contributed by atoms with E-state index in [-0.39, 0.29) is 23.2 Å². The maximum absolute atomic E-state index is 10.3. The summed E-state index contributed by atoms with van der Waals surface area (Å²) in [7, 11) is 0. The Labute approximate surface area is 116 Å². The molecular formula is C16H28O3. The molecule has 0 aromatic heterocycles. The van der Waals surface area contributed by atoms with Gasteiger partial charge in [0.2, 0.25) is 0 Å². The van der Waals surface area contributed by atoms with Gasteiger partial charge in [-0.15, -0.1) is 0 Å². The smallest absolute Gasteiger partial charge is 0.123 e. The zero-order valence-electron chi connectivity index (χ0n) is 13.2. The van der Waals surface area contributed by atoms with Gasteiger partial charge in [-0.3, -0.25) is 0 Å². The van der Waals surface area contributed by atoms with Crippen LogP contribution in [-0.4, -0.2) is 21.9 Å². The molecule has 0 fully saturated rings. The lowest BCUT2D eigenvalue weighted by Gasteiger charge is -2.27. The Morgan fingerprint density at radius 3 is 1.32 bits per heavy atom. The molecule has 1 rings (SSSR count). The maximum atomic E-state index is 10.3. The van der Waals surface area contributed by atoms with Crippen molar-refractivity contribution in [1.29, 1.82) is 0 Å². The lowest BCUT2D eigenvalue weighted by Crippen LogP contribution is -2.16. The molecule has 0 unspecified atom stereocenters. The highest BCUT2D eigenvalue weighted by atomic mass is 16.3. The summed E-state index contributed by atoms with van der Waals surface area (Å²) in [6, 6.07) is 3.29. The minimum atomic E-state index is -0.178. The van der Waals surface area contributed by atoms with E-state index in [2.05, 4.69) is 0 Å². The first kappa shape index (κ1) is 17.8. The van der Waals surface area contributed by atoms with Crippen molar-refractivity contribution < 1.29 is 15.3 Å². The van der Waals surface area contributed by atoms with Crippen LogP contribution in [0.3, 0.4) is 0 Å². The summed E-state index contributed by atoms with van der Waals surface area (Å²) in [5.41, 5.74) is 1.22. The Morgan fingerprint density at radius 2 is 1.11 bits per heavy atom. The van der Waals surface area contributed by atoms with Gasteiger partial charge in [0.1, 0.15) is 11.5 Å². The van der Waals surface area contributed by atoms with Crippen LogP contribution in [0.5, 0.6) is 11.5 Å². The lowest BCUT2D eigenvalue weighted by atomic mass is 9.79. The number of aliphatic hydroxyl groups is 1. The molecule has 0 aliphatic heterocycles. The molecule has 0 heterocycles. The fraction of sp³-hybridized carbons (Fsp3) is 0.625. The quantitative estimate of drug-likeness (QED) is 0.629. The number of phenols is 2. The third-order valence-corrected chi connectivity index (χ3v) is 2.71. The monoisotopic (exact) mass is 268 g/mol. The molecular weight excluding hydrogens is 240 g/mol.